The average molecular weight is 220 g/mol. The summed E-state index contributed by atoms with van der Waals surface area (Å²) in [6.45, 7) is 8.87. The van der Waals surface area contributed by atoms with Gasteiger partial charge in [0.25, 0.3) is 0 Å². The van der Waals surface area contributed by atoms with Gasteiger partial charge in [0.2, 0.25) is 0 Å². The van der Waals surface area contributed by atoms with Gasteiger partial charge in [-0.05, 0) is 49.9 Å². The Bertz CT molecular complexity index is 334. The third-order valence-electron chi connectivity index (χ3n) is 3.11. The Hall–Kier alpha value is -1.18. The van der Waals surface area contributed by atoms with Crippen LogP contribution >= 0.6 is 0 Å². The average Bonchev–Trinajstić information content (AvgIpc) is 2.22. The molecule has 0 spiro atoms. The van der Waals surface area contributed by atoms with Crippen molar-refractivity contribution >= 4 is 11.4 Å². The number of hydrogen-bond acceptors (Lipinski definition) is 2. The molecule has 0 bridgehead atoms. The minimum atomic E-state index is 0.511. The zero-order chi connectivity index (χ0) is 12.1. The van der Waals surface area contributed by atoms with Crippen LogP contribution in [0.5, 0.6) is 0 Å². The van der Waals surface area contributed by atoms with E-state index in [9.17, 15) is 0 Å². The molecule has 16 heavy (non-hydrogen) atoms. The van der Waals surface area contributed by atoms with Crippen LogP contribution in [0.25, 0.3) is 0 Å². The lowest BCUT2D eigenvalue weighted by Gasteiger charge is -2.20. The first kappa shape index (κ1) is 12.9. The molecule has 0 aliphatic rings. The molecule has 0 saturated carbocycles. The normalized spacial score (nSPS) is 14.5. The van der Waals surface area contributed by atoms with Crippen LogP contribution in [-0.2, 0) is 0 Å². The van der Waals surface area contributed by atoms with Crippen LogP contribution in [0.4, 0.5) is 11.4 Å². The zero-order valence-electron chi connectivity index (χ0n) is 10.9. The molecule has 2 unspecified atom stereocenters. The maximum absolute atomic E-state index is 5.73. The molecule has 2 atom stereocenters. The number of benzene rings is 1. The van der Waals surface area contributed by atoms with E-state index in [0.717, 1.165) is 11.6 Å². The number of anilines is 2. The summed E-state index contributed by atoms with van der Waals surface area (Å²) in [5, 5.41) is 3.55. The molecule has 90 valence electrons. The Morgan fingerprint density at radius 2 is 2.00 bits per heavy atom. The molecule has 0 fully saturated rings. The first-order chi connectivity index (χ1) is 7.52. The molecule has 2 nitrogen and oxygen atoms in total. The van der Waals surface area contributed by atoms with Crippen LogP contribution in [0.2, 0.25) is 0 Å². The summed E-state index contributed by atoms with van der Waals surface area (Å²) in [6, 6.07) is 6.54. The highest BCUT2D eigenvalue weighted by Gasteiger charge is 2.08. The molecule has 0 aromatic heterocycles. The van der Waals surface area contributed by atoms with E-state index in [2.05, 4.69) is 39.1 Å². The summed E-state index contributed by atoms with van der Waals surface area (Å²) in [4.78, 5) is 0. The van der Waals surface area contributed by atoms with Crippen molar-refractivity contribution in [3.8, 4) is 0 Å². The fourth-order valence-electron chi connectivity index (χ4n) is 1.94. The van der Waals surface area contributed by atoms with Crippen molar-refractivity contribution in [2.45, 2.75) is 46.6 Å². The Morgan fingerprint density at radius 1 is 1.31 bits per heavy atom. The summed E-state index contributed by atoms with van der Waals surface area (Å²) in [5.41, 5.74) is 8.98. The van der Waals surface area contributed by atoms with Crippen molar-refractivity contribution in [3.05, 3.63) is 23.8 Å². The van der Waals surface area contributed by atoms with Gasteiger partial charge < -0.3 is 11.1 Å². The molecule has 2 heteroatoms. The molecule has 0 aliphatic heterocycles. The third kappa shape index (κ3) is 3.76. The van der Waals surface area contributed by atoms with Crippen molar-refractivity contribution in [1.29, 1.82) is 0 Å². The highest BCUT2D eigenvalue weighted by Crippen LogP contribution is 2.20. The van der Waals surface area contributed by atoms with Crippen LogP contribution < -0.4 is 11.1 Å². The van der Waals surface area contributed by atoms with Gasteiger partial charge in [-0.2, -0.15) is 0 Å². The number of aryl methyl sites for hydroxylation is 1. The van der Waals surface area contributed by atoms with Crippen molar-refractivity contribution < 1.29 is 0 Å². The summed E-state index contributed by atoms with van der Waals surface area (Å²) >= 11 is 0. The first-order valence-electron chi connectivity index (χ1n) is 6.15. The van der Waals surface area contributed by atoms with E-state index in [1.165, 1.54) is 24.1 Å². The van der Waals surface area contributed by atoms with Crippen LogP contribution in [-0.4, -0.2) is 6.04 Å². The summed E-state index contributed by atoms with van der Waals surface area (Å²) in [5.74, 6) is 0.775. The van der Waals surface area contributed by atoms with Gasteiger partial charge in [0.05, 0.1) is 0 Å². The van der Waals surface area contributed by atoms with Gasteiger partial charge in [-0.3, -0.25) is 0 Å². The van der Waals surface area contributed by atoms with Crippen LogP contribution in [0.1, 0.15) is 39.2 Å². The fraction of sp³-hybridized carbons (Fsp3) is 0.571. The molecule has 1 rings (SSSR count). The lowest BCUT2D eigenvalue weighted by Crippen LogP contribution is -2.18. The van der Waals surface area contributed by atoms with Gasteiger partial charge in [0, 0.05) is 17.4 Å². The van der Waals surface area contributed by atoms with Crippen molar-refractivity contribution in [2.75, 3.05) is 11.1 Å². The van der Waals surface area contributed by atoms with Gasteiger partial charge in [0.15, 0.2) is 0 Å². The fourth-order valence-corrected chi connectivity index (χ4v) is 1.94. The summed E-state index contributed by atoms with van der Waals surface area (Å²) < 4.78 is 0. The topological polar surface area (TPSA) is 38.0 Å². The second kappa shape index (κ2) is 5.78. The van der Waals surface area contributed by atoms with Crippen LogP contribution in [0.15, 0.2) is 18.2 Å². The molecular formula is C14H24N2. The number of nitrogens with one attached hydrogen (secondary N) is 1. The highest BCUT2D eigenvalue weighted by atomic mass is 14.9. The lowest BCUT2D eigenvalue weighted by atomic mass is 10.00. The Labute approximate surface area is 99.2 Å². The van der Waals surface area contributed by atoms with Gasteiger partial charge in [-0.1, -0.05) is 20.3 Å². The molecule has 0 saturated heterocycles. The first-order valence-corrected chi connectivity index (χ1v) is 6.15. The second-order valence-electron chi connectivity index (χ2n) is 4.87. The van der Waals surface area contributed by atoms with E-state index in [-0.39, 0.29) is 0 Å². The van der Waals surface area contributed by atoms with Gasteiger partial charge in [0.1, 0.15) is 0 Å². The maximum atomic E-state index is 5.73. The monoisotopic (exact) mass is 220 g/mol. The van der Waals surface area contributed by atoms with E-state index < -0.39 is 0 Å². The second-order valence-corrected chi connectivity index (χ2v) is 4.87. The number of hydrogen-bond donors (Lipinski definition) is 2. The molecule has 1 aromatic carbocycles. The SMILES string of the molecule is CCC(C)CC(C)Nc1ccc(N)cc1C. The largest absolute Gasteiger partial charge is 0.399 e. The van der Waals surface area contributed by atoms with Crippen molar-refractivity contribution in [3.63, 3.8) is 0 Å². The van der Waals surface area contributed by atoms with Crippen LogP contribution in [0, 0.1) is 12.8 Å². The molecule has 3 N–H and O–H groups in total. The van der Waals surface area contributed by atoms with Gasteiger partial charge in [-0.15, -0.1) is 0 Å². The Morgan fingerprint density at radius 3 is 2.56 bits per heavy atom. The number of nitrogen functional groups attached to an aromatic ring is 1. The van der Waals surface area contributed by atoms with E-state index in [4.69, 9.17) is 5.73 Å². The molecule has 0 aliphatic carbocycles. The Kier molecular flexibility index (Phi) is 4.66. The maximum Gasteiger partial charge on any atom is 0.0373 e. The van der Waals surface area contributed by atoms with Crippen molar-refractivity contribution in [1.82, 2.24) is 0 Å². The van der Waals surface area contributed by atoms with E-state index in [0.29, 0.717) is 6.04 Å². The lowest BCUT2D eigenvalue weighted by molar-refractivity contribution is 0.483. The minimum absolute atomic E-state index is 0.511. The van der Waals surface area contributed by atoms with Crippen molar-refractivity contribution in [2.24, 2.45) is 5.92 Å². The summed E-state index contributed by atoms with van der Waals surface area (Å²) in [6.07, 6.45) is 2.45. The predicted octanol–water partition coefficient (Wildman–Crippen LogP) is 3.81. The zero-order valence-corrected chi connectivity index (χ0v) is 10.9. The standard InChI is InChI=1S/C14H24N2/c1-5-10(2)8-12(4)16-14-7-6-13(15)9-11(14)3/h6-7,9-10,12,16H,5,8,15H2,1-4H3. The smallest absolute Gasteiger partial charge is 0.0373 e. The Balaban J connectivity index is 2.59. The van der Waals surface area contributed by atoms with Gasteiger partial charge in [-0.25, -0.2) is 0 Å². The molecular weight excluding hydrogens is 196 g/mol. The predicted molar refractivity (Wildman–Crippen MR) is 72.7 cm³/mol. The van der Waals surface area contributed by atoms with Gasteiger partial charge >= 0.3 is 0 Å². The molecule has 0 amide bonds. The molecule has 1 aromatic rings. The molecule has 0 radical (unpaired) electrons. The van der Waals surface area contributed by atoms with E-state index in [1.54, 1.807) is 0 Å². The third-order valence-corrected chi connectivity index (χ3v) is 3.11. The number of rotatable bonds is 5. The van der Waals surface area contributed by atoms with E-state index >= 15 is 0 Å². The van der Waals surface area contributed by atoms with E-state index in [1.807, 2.05) is 12.1 Å². The molecule has 0 heterocycles. The minimum Gasteiger partial charge on any atom is -0.399 e. The quantitative estimate of drug-likeness (QED) is 0.740. The highest BCUT2D eigenvalue weighted by molar-refractivity contribution is 5.57. The summed E-state index contributed by atoms with van der Waals surface area (Å²) in [7, 11) is 0. The number of nitrogens with two attached hydrogens (primary N) is 1. The van der Waals surface area contributed by atoms with Crippen LogP contribution in [0.3, 0.4) is 0 Å².